The van der Waals surface area contributed by atoms with Crippen LogP contribution in [0, 0.1) is 6.92 Å². The number of ether oxygens (including phenoxy) is 1. The Labute approximate surface area is 184 Å². The van der Waals surface area contributed by atoms with E-state index in [9.17, 15) is 19.8 Å². The number of carbonyl (C=O) groups excluding carboxylic acids is 2. The van der Waals surface area contributed by atoms with Gasteiger partial charge in [-0.2, -0.15) is 0 Å². The minimum atomic E-state index is -0.921. The van der Waals surface area contributed by atoms with Gasteiger partial charge in [-0.15, -0.1) is 0 Å². The largest absolute Gasteiger partial charge is 0.507 e. The van der Waals surface area contributed by atoms with Crippen LogP contribution in [0.25, 0.3) is 5.76 Å². The third kappa shape index (κ3) is 3.10. The Bertz CT molecular complexity index is 1280. The van der Waals surface area contributed by atoms with Crippen molar-refractivity contribution in [3.05, 3.63) is 88.8 Å². The first-order valence-electron chi connectivity index (χ1n) is 10.2. The summed E-state index contributed by atoms with van der Waals surface area (Å²) in [7, 11) is 0. The van der Waals surface area contributed by atoms with Crippen LogP contribution >= 0.6 is 0 Å². The molecule has 160 valence electrons. The number of phenols is 1. The molecule has 5 rings (SSSR count). The number of aromatic hydroxyl groups is 1. The molecule has 2 aliphatic rings. The van der Waals surface area contributed by atoms with Gasteiger partial charge < -0.3 is 14.9 Å². The number of carbonyl (C=O) groups is 2. The number of rotatable bonds is 3. The van der Waals surface area contributed by atoms with E-state index in [1.165, 1.54) is 11.0 Å². The van der Waals surface area contributed by atoms with Crippen molar-refractivity contribution in [1.29, 1.82) is 0 Å². The number of anilines is 1. The molecule has 1 atom stereocenters. The maximum Gasteiger partial charge on any atom is 0.300 e. The van der Waals surface area contributed by atoms with Crippen molar-refractivity contribution in [3.63, 3.8) is 0 Å². The van der Waals surface area contributed by atoms with Crippen LogP contribution in [0.1, 0.15) is 28.3 Å². The fourth-order valence-electron chi connectivity index (χ4n) is 4.26. The average molecular weight is 428 g/mol. The Balaban J connectivity index is 1.73. The Kier molecular flexibility index (Phi) is 4.66. The summed E-state index contributed by atoms with van der Waals surface area (Å²) in [5.41, 5.74) is 2.93. The Morgan fingerprint density at radius 1 is 1.09 bits per heavy atom. The van der Waals surface area contributed by atoms with Crippen molar-refractivity contribution in [1.82, 2.24) is 4.98 Å². The molecular weight excluding hydrogens is 408 g/mol. The molecule has 2 N–H and O–H groups in total. The lowest BCUT2D eigenvalue weighted by atomic mass is 9.95. The molecule has 1 aromatic heterocycles. The lowest BCUT2D eigenvalue weighted by molar-refractivity contribution is -0.132. The molecule has 3 heterocycles. The van der Waals surface area contributed by atoms with Crippen LogP contribution < -0.4 is 9.64 Å². The molecule has 7 nitrogen and oxygen atoms in total. The minimum Gasteiger partial charge on any atom is -0.507 e. The zero-order valence-electron chi connectivity index (χ0n) is 17.3. The van der Waals surface area contributed by atoms with Gasteiger partial charge in [-0.05, 0) is 66.1 Å². The number of pyridine rings is 1. The summed E-state index contributed by atoms with van der Waals surface area (Å²) in [6, 6.07) is 12.5. The molecule has 3 aromatic rings. The second-order valence-corrected chi connectivity index (χ2v) is 7.86. The topological polar surface area (TPSA) is 100.0 Å². The normalized spacial score (nSPS) is 19.2. The SMILES string of the molecule is Cc1ccc(O)c(N2C(=O)C(=O)/C(=C(\O)c3ccc4c(c3)CCO4)C2c2ccncc2)c1. The highest BCUT2D eigenvalue weighted by molar-refractivity contribution is 6.51. The van der Waals surface area contributed by atoms with E-state index >= 15 is 0 Å². The number of amides is 1. The van der Waals surface area contributed by atoms with E-state index in [1.807, 2.05) is 6.92 Å². The molecule has 0 bridgehead atoms. The molecule has 0 aliphatic carbocycles. The van der Waals surface area contributed by atoms with Gasteiger partial charge in [-0.25, -0.2) is 0 Å². The van der Waals surface area contributed by atoms with Gasteiger partial charge >= 0.3 is 0 Å². The summed E-state index contributed by atoms with van der Waals surface area (Å²) in [6.45, 7) is 2.39. The number of phenolic OH excluding ortho intramolecular Hbond substituents is 1. The Hall–Kier alpha value is -4.13. The van der Waals surface area contributed by atoms with Crippen molar-refractivity contribution in [2.75, 3.05) is 11.5 Å². The number of nitrogens with zero attached hydrogens (tertiary/aromatic N) is 2. The number of Topliss-reactive ketones (excluding diaryl/α,β-unsaturated/α-hetero) is 1. The number of hydrogen-bond donors (Lipinski definition) is 2. The number of fused-ring (bicyclic) bond motifs is 1. The first kappa shape index (κ1) is 19.8. The maximum absolute atomic E-state index is 13.2. The quantitative estimate of drug-likeness (QED) is 0.375. The molecule has 1 unspecified atom stereocenters. The van der Waals surface area contributed by atoms with Crippen LogP contribution in [0.4, 0.5) is 5.69 Å². The van der Waals surface area contributed by atoms with Gasteiger partial charge in [-0.1, -0.05) is 6.07 Å². The smallest absolute Gasteiger partial charge is 0.300 e. The van der Waals surface area contributed by atoms with Crippen LogP contribution in [0.3, 0.4) is 0 Å². The third-order valence-corrected chi connectivity index (χ3v) is 5.82. The number of aromatic nitrogens is 1. The highest BCUT2D eigenvalue weighted by Gasteiger charge is 2.47. The third-order valence-electron chi connectivity index (χ3n) is 5.82. The molecule has 1 amide bonds. The van der Waals surface area contributed by atoms with Crippen LogP contribution in [0.2, 0.25) is 0 Å². The van der Waals surface area contributed by atoms with E-state index in [4.69, 9.17) is 4.74 Å². The lowest BCUT2D eigenvalue weighted by Gasteiger charge is -2.26. The Morgan fingerprint density at radius 2 is 1.88 bits per heavy atom. The summed E-state index contributed by atoms with van der Waals surface area (Å²) in [5.74, 6) is -1.29. The van der Waals surface area contributed by atoms with E-state index in [1.54, 1.807) is 54.9 Å². The highest BCUT2D eigenvalue weighted by Crippen LogP contribution is 2.45. The van der Waals surface area contributed by atoms with Gasteiger partial charge in [0.15, 0.2) is 0 Å². The summed E-state index contributed by atoms with van der Waals surface area (Å²) in [6.07, 6.45) is 3.81. The van der Waals surface area contributed by atoms with E-state index < -0.39 is 17.7 Å². The monoisotopic (exact) mass is 428 g/mol. The van der Waals surface area contributed by atoms with Gasteiger partial charge in [0.2, 0.25) is 0 Å². The Morgan fingerprint density at radius 3 is 2.66 bits per heavy atom. The van der Waals surface area contributed by atoms with Gasteiger partial charge in [0, 0.05) is 24.4 Å². The van der Waals surface area contributed by atoms with Crippen molar-refractivity contribution >= 4 is 23.1 Å². The molecule has 2 aliphatic heterocycles. The molecule has 1 saturated heterocycles. The minimum absolute atomic E-state index is 0.0408. The first-order chi connectivity index (χ1) is 15.5. The summed E-state index contributed by atoms with van der Waals surface area (Å²) < 4.78 is 5.52. The second kappa shape index (κ2) is 7.53. The number of aliphatic hydroxyl groups is 1. The maximum atomic E-state index is 13.2. The molecule has 7 heteroatoms. The number of aryl methyl sites for hydroxylation is 1. The van der Waals surface area contributed by atoms with Gasteiger partial charge in [0.25, 0.3) is 11.7 Å². The second-order valence-electron chi connectivity index (χ2n) is 7.86. The van der Waals surface area contributed by atoms with E-state index in [0.717, 1.165) is 16.9 Å². The standard InChI is InChI=1S/C25H20N2O5/c1-14-2-4-19(28)18(12-14)27-22(15-6-9-26-10-7-15)21(24(30)25(27)31)23(29)17-3-5-20-16(13-17)8-11-32-20/h2-7,9-10,12-13,22,28-29H,8,11H2,1H3/b23-21-. The molecule has 0 saturated carbocycles. The van der Waals surface area contributed by atoms with Crippen LogP contribution in [-0.2, 0) is 16.0 Å². The fraction of sp³-hybridized carbons (Fsp3) is 0.160. The van der Waals surface area contributed by atoms with Crippen molar-refractivity contribution < 1.29 is 24.5 Å². The van der Waals surface area contributed by atoms with Crippen LogP contribution in [-0.4, -0.2) is 33.5 Å². The van der Waals surface area contributed by atoms with Crippen LogP contribution in [0.5, 0.6) is 11.5 Å². The predicted octanol–water partition coefficient (Wildman–Crippen LogP) is 3.66. The number of ketones is 1. The lowest BCUT2D eigenvalue weighted by Crippen LogP contribution is -2.29. The molecule has 0 radical (unpaired) electrons. The molecular formula is C25H20N2O5. The highest BCUT2D eigenvalue weighted by atomic mass is 16.5. The zero-order chi connectivity index (χ0) is 22.4. The van der Waals surface area contributed by atoms with Crippen molar-refractivity contribution in [2.45, 2.75) is 19.4 Å². The predicted molar refractivity (Wildman–Crippen MR) is 118 cm³/mol. The fourth-order valence-corrected chi connectivity index (χ4v) is 4.26. The number of aliphatic hydroxyl groups excluding tert-OH is 1. The van der Waals surface area contributed by atoms with Gasteiger partial charge in [0.05, 0.1) is 23.9 Å². The van der Waals surface area contributed by atoms with Crippen LogP contribution in [0.15, 0.2) is 66.5 Å². The summed E-state index contributed by atoms with van der Waals surface area (Å²) >= 11 is 0. The van der Waals surface area contributed by atoms with E-state index in [-0.39, 0.29) is 22.8 Å². The van der Waals surface area contributed by atoms with E-state index in [0.29, 0.717) is 24.2 Å². The van der Waals surface area contributed by atoms with Crippen molar-refractivity contribution in [3.8, 4) is 11.5 Å². The number of hydrogen-bond acceptors (Lipinski definition) is 6. The molecule has 0 spiro atoms. The summed E-state index contributed by atoms with van der Waals surface area (Å²) in [5, 5.41) is 21.7. The molecule has 32 heavy (non-hydrogen) atoms. The van der Waals surface area contributed by atoms with Gasteiger partial charge in [-0.3, -0.25) is 19.5 Å². The zero-order valence-corrected chi connectivity index (χ0v) is 17.3. The summed E-state index contributed by atoms with van der Waals surface area (Å²) in [4.78, 5) is 31.6. The molecule has 2 aromatic carbocycles. The first-order valence-corrected chi connectivity index (χ1v) is 10.2. The average Bonchev–Trinajstić information content (AvgIpc) is 3.38. The molecule has 1 fully saturated rings. The van der Waals surface area contributed by atoms with Gasteiger partial charge in [0.1, 0.15) is 17.3 Å². The number of benzene rings is 2. The van der Waals surface area contributed by atoms with Crippen molar-refractivity contribution in [2.24, 2.45) is 0 Å². The van der Waals surface area contributed by atoms with E-state index in [2.05, 4.69) is 4.98 Å².